The molecular formula is C21H23N3Si. The number of hydrogen-bond acceptors (Lipinski definition) is 2. The topological polar surface area (TPSA) is 30.7 Å². The highest BCUT2D eigenvalue weighted by atomic mass is 28.3. The van der Waals surface area contributed by atoms with Gasteiger partial charge in [-0.15, -0.1) is 5.10 Å². The van der Waals surface area contributed by atoms with Gasteiger partial charge in [-0.3, -0.25) is 0 Å². The van der Waals surface area contributed by atoms with Crippen LogP contribution in [-0.2, 0) is 0 Å². The molecule has 0 aliphatic carbocycles. The van der Waals surface area contributed by atoms with Gasteiger partial charge in [0.2, 0.25) is 0 Å². The van der Waals surface area contributed by atoms with Crippen LogP contribution in [0.25, 0.3) is 21.8 Å². The van der Waals surface area contributed by atoms with E-state index in [1.807, 2.05) is 12.1 Å². The van der Waals surface area contributed by atoms with Crippen molar-refractivity contribution in [3.05, 3.63) is 72.3 Å². The van der Waals surface area contributed by atoms with Crippen molar-refractivity contribution in [2.45, 2.75) is 31.7 Å². The van der Waals surface area contributed by atoms with Crippen LogP contribution in [-0.4, -0.2) is 23.1 Å². The van der Waals surface area contributed by atoms with Crippen LogP contribution >= 0.6 is 0 Å². The van der Waals surface area contributed by atoms with E-state index in [2.05, 4.69) is 89.2 Å². The van der Waals surface area contributed by atoms with E-state index in [4.69, 9.17) is 0 Å². The Morgan fingerprint density at radius 2 is 1.60 bits per heavy atom. The molecule has 0 radical (unpaired) electrons. The molecule has 0 aliphatic rings. The lowest BCUT2D eigenvalue weighted by molar-refractivity contribution is 0.557. The van der Waals surface area contributed by atoms with E-state index < -0.39 is 8.07 Å². The Morgan fingerprint density at radius 1 is 0.880 bits per heavy atom. The number of hydrogen-bond donors (Lipinski definition) is 0. The highest BCUT2D eigenvalue weighted by Crippen LogP contribution is 2.34. The van der Waals surface area contributed by atoms with E-state index in [1.165, 1.54) is 16.3 Å². The van der Waals surface area contributed by atoms with E-state index in [0.29, 0.717) is 0 Å². The van der Waals surface area contributed by atoms with E-state index in [0.717, 1.165) is 17.1 Å². The summed E-state index contributed by atoms with van der Waals surface area (Å²) in [4.78, 5) is 0. The van der Waals surface area contributed by atoms with Gasteiger partial charge in [-0.2, -0.15) is 0 Å². The highest BCUT2D eigenvalue weighted by Gasteiger charge is 2.26. The Bertz CT molecular complexity index is 1020. The molecule has 1 atom stereocenters. The van der Waals surface area contributed by atoms with Crippen molar-refractivity contribution in [1.29, 1.82) is 0 Å². The Labute approximate surface area is 149 Å². The smallest absolute Gasteiger partial charge is 0.113 e. The maximum Gasteiger partial charge on any atom is 0.113 e. The summed E-state index contributed by atoms with van der Waals surface area (Å²) in [5.41, 5.74) is 3.41. The van der Waals surface area contributed by atoms with Crippen molar-refractivity contribution in [3.63, 3.8) is 0 Å². The predicted molar refractivity (Wildman–Crippen MR) is 108 cm³/mol. The first-order valence-corrected chi connectivity index (χ1v) is 12.5. The second kappa shape index (κ2) is 6.12. The molecule has 126 valence electrons. The molecule has 3 nitrogen and oxygen atoms in total. The lowest BCUT2D eigenvalue weighted by Gasteiger charge is -2.26. The number of nitrogens with zero attached hydrogens (tertiary/aromatic N) is 3. The second-order valence-electron chi connectivity index (χ2n) is 7.87. The van der Waals surface area contributed by atoms with E-state index >= 15 is 0 Å². The Hall–Kier alpha value is -2.46. The monoisotopic (exact) mass is 345 g/mol. The van der Waals surface area contributed by atoms with Gasteiger partial charge in [0.1, 0.15) is 5.52 Å². The third kappa shape index (κ3) is 3.09. The largest absolute Gasteiger partial charge is 0.237 e. The molecule has 0 saturated heterocycles. The SMILES string of the molecule is C[Si](C)(C)CC(c1cccc2ccccc12)n1nnc2ccccc21. The minimum absolute atomic E-state index is 0.213. The van der Waals surface area contributed by atoms with Gasteiger partial charge in [0.25, 0.3) is 0 Å². The van der Waals surface area contributed by atoms with Gasteiger partial charge < -0.3 is 0 Å². The first-order valence-electron chi connectivity index (χ1n) is 8.80. The van der Waals surface area contributed by atoms with E-state index in [9.17, 15) is 0 Å². The summed E-state index contributed by atoms with van der Waals surface area (Å²) < 4.78 is 2.13. The van der Waals surface area contributed by atoms with Crippen molar-refractivity contribution >= 4 is 29.9 Å². The average Bonchev–Trinajstić information content (AvgIpc) is 3.02. The summed E-state index contributed by atoms with van der Waals surface area (Å²) in [5.74, 6) is 0. The number of benzene rings is 3. The Morgan fingerprint density at radius 3 is 2.44 bits per heavy atom. The summed E-state index contributed by atoms with van der Waals surface area (Å²) in [6.45, 7) is 7.26. The number of aromatic nitrogens is 3. The Kier molecular flexibility index (Phi) is 3.92. The van der Waals surface area contributed by atoms with Crippen LogP contribution in [0.2, 0.25) is 25.7 Å². The third-order valence-corrected chi connectivity index (χ3v) is 6.27. The van der Waals surface area contributed by atoms with Crippen molar-refractivity contribution in [2.24, 2.45) is 0 Å². The fraction of sp³-hybridized carbons (Fsp3) is 0.238. The fourth-order valence-electron chi connectivity index (χ4n) is 3.57. The van der Waals surface area contributed by atoms with Crippen LogP contribution in [0.1, 0.15) is 11.6 Å². The van der Waals surface area contributed by atoms with Gasteiger partial charge in [-0.25, -0.2) is 4.68 Å². The molecule has 0 saturated carbocycles. The third-order valence-electron chi connectivity index (χ3n) is 4.66. The quantitative estimate of drug-likeness (QED) is 0.456. The normalized spacial score (nSPS) is 13.4. The molecule has 4 heteroatoms. The van der Waals surface area contributed by atoms with Crippen molar-refractivity contribution < 1.29 is 0 Å². The molecular weight excluding hydrogens is 322 g/mol. The minimum Gasteiger partial charge on any atom is -0.237 e. The van der Waals surface area contributed by atoms with Crippen LogP contribution in [0.4, 0.5) is 0 Å². The summed E-state index contributed by atoms with van der Waals surface area (Å²) >= 11 is 0. The summed E-state index contributed by atoms with van der Waals surface area (Å²) in [5, 5.41) is 11.6. The van der Waals surface area contributed by atoms with Gasteiger partial charge in [0.15, 0.2) is 0 Å². The molecule has 0 spiro atoms. The standard InChI is InChI=1S/C21H23N3Si/c1-25(2,3)15-21(24-20-14-7-6-13-19(20)22-23-24)18-12-8-10-16-9-4-5-11-17(16)18/h4-14,21H,15H2,1-3H3. The lowest BCUT2D eigenvalue weighted by atomic mass is 9.99. The van der Waals surface area contributed by atoms with Crippen LogP contribution in [0, 0.1) is 0 Å². The predicted octanol–water partition coefficient (Wildman–Crippen LogP) is 5.51. The second-order valence-corrected chi connectivity index (χ2v) is 13.4. The van der Waals surface area contributed by atoms with Crippen LogP contribution in [0.15, 0.2) is 66.7 Å². The maximum absolute atomic E-state index is 4.55. The molecule has 1 heterocycles. The average molecular weight is 346 g/mol. The molecule has 3 aromatic carbocycles. The molecule has 0 N–H and O–H groups in total. The molecule has 25 heavy (non-hydrogen) atoms. The lowest BCUT2D eigenvalue weighted by Crippen LogP contribution is -2.27. The number of rotatable bonds is 4. The van der Waals surface area contributed by atoms with Gasteiger partial charge in [0, 0.05) is 8.07 Å². The van der Waals surface area contributed by atoms with Crippen LogP contribution in [0.3, 0.4) is 0 Å². The van der Waals surface area contributed by atoms with E-state index in [1.54, 1.807) is 0 Å². The maximum atomic E-state index is 4.55. The number of fused-ring (bicyclic) bond motifs is 2. The molecule has 0 amide bonds. The van der Waals surface area contributed by atoms with Crippen molar-refractivity contribution in [2.75, 3.05) is 0 Å². The molecule has 1 unspecified atom stereocenters. The van der Waals surface area contributed by atoms with E-state index in [-0.39, 0.29) is 6.04 Å². The molecule has 0 aliphatic heterocycles. The van der Waals surface area contributed by atoms with Crippen LogP contribution < -0.4 is 0 Å². The molecule has 4 rings (SSSR count). The minimum atomic E-state index is -1.32. The first-order chi connectivity index (χ1) is 12.0. The molecule has 1 aromatic heterocycles. The summed E-state index contributed by atoms with van der Waals surface area (Å²) in [7, 11) is -1.32. The zero-order valence-electron chi connectivity index (χ0n) is 15.0. The fourth-order valence-corrected chi connectivity index (χ4v) is 5.12. The molecule has 0 fully saturated rings. The highest BCUT2D eigenvalue weighted by molar-refractivity contribution is 6.76. The van der Waals surface area contributed by atoms with Crippen LogP contribution in [0.5, 0.6) is 0 Å². The van der Waals surface area contributed by atoms with Crippen molar-refractivity contribution in [3.8, 4) is 0 Å². The summed E-state index contributed by atoms with van der Waals surface area (Å²) in [6.07, 6.45) is 0. The zero-order valence-corrected chi connectivity index (χ0v) is 16.0. The van der Waals surface area contributed by atoms with Gasteiger partial charge in [0.05, 0.1) is 11.6 Å². The van der Waals surface area contributed by atoms with Crippen molar-refractivity contribution in [1.82, 2.24) is 15.0 Å². The molecule has 4 aromatic rings. The Balaban J connectivity index is 1.95. The summed E-state index contributed by atoms with van der Waals surface area (Å²) in [6, 6.07) is 24.8. The van der Waals surface area contributed by atoms with Gasteiger partial charge in [-0.05, 0) is 34.5 Å². The van der Waals surface area contributed by atoms with Gasteiger partial charge >= 0.3 is 0 Å². The first kappa shape index (κ1) is 16.0. The number of para-hydroxylation sites is 1. The molecule has 0 bridgehead atoms. The zero-order chi connectivity index (χ0) is 17.4. The van der Waals surface area contributed by atoms with Gasteiger partial charge in [-0.1, -0.05) is 79.5 Å².